The lowest BCUT2D eigenvalue weighted by atomic mass is 10.3. The molecule has 5 nitrogen and oxygen atoms in total. The second kappa shape index (κ2) is 8.05. The van der Waals surface area contributed by atoms with E-state index < -0.39 is 10.0 Å². The Labute approximate surface area is 140 Å². The van der Waals surface area contributed by atoms with Crippen LogP contribution >= 0.6 is 11.3 Å². The molecule has 0 radical (unpaired) electrons. The van der Waals surface area contributed by atoms with Gasteiger partial charge in [-0.2, -0.15) is 0 Å². The molecule has 0 saturated carbocycles. The van der Waals surface area contributed by atoms with Crippen LogP contribution in [0.5, 0.6) is 0 Å². The normalized spacial score (nSPS) is 11.7. The van der Waals surface area contributed by atoms with E-state index in [0.29, 0.717) is 12.2 Å². The first-order valence-electron chi connectivity index (χ1n) is 7.13. The summed E-state index contributed by atoms with van der Waals surface area (Å²) in [5, 5.41) is 4.62. The average molecular weight is 350 g/mol. The zero-order chi connectivity index (χ0) is 16.7. The monoisotopic (exact) mass is 350 g/mol. The zero-order valence-electron chi connectivity index (χ0n) is 12.7. The fourth-order valence-electron chi connectivity index (χ4n) is 1.77. The molecule has 1 aromatic heterocycles. The first-order chi connectivity index (χ1) is 11.0. The van der Waals surface area contributed by atoms with E-state index in [-0.39, 0.29) is 10.8 Å². The summed E-state index contributed by atoms with van der Waals surface area (Å²) in [4.78, 5) is 13.0. The van der Waals surface area contributed by atoms with E-state index in [1.165, 1.54) is 18.2 Å². The van der Waals surface area contributed by atoms with Gasteiger partial charge in [0, 0.05) is 23.2 Å². The van der Waals surface area contributed by atoms with Crippen LogP contribution in [0.1, 0.15) is 18.2 Å². The Kier molecular flexibility index (Phi) is 6.09. The Morgan fingerprint density at radius 2 is 1.96 bits per heavy atom. The predicted octanol–water partition coefficient (Wildman–Crippen LogP) is 3.09. The maximum Gasteiger partial charge on any atom is 0.248 e. The van der Waals surface area contributed by atoms with Crippen molar-refractivity contribution in [2.24, 2.45) is 0 Å². The van der Waals surface area contributed by atoms with Gasteiger partial charge in [0.1, 0.15) is 0 Å². The van der Waals surface area contributed by atoms with Crippen molar-refractivity contribution in [3.63, 3.8) is 0 Å². The van der Waals surface area contributed by atoms with Crippen LogP contribution in [0, 0.1) is 0 Å². The van der Waals surface area contributed by atoms with Crippen LogP contribution in [-0.2, 0) is 14.8 Å². The maximum atomic E-state index is 11.9. The number of hydrogen-bond acceptors (Lipinski definition) is 4. The molecule has 0 atom stereocenters. The minimum Gasteiger partial charge on any atom is -0.323 e. The number of amides is 1. The highest BCUT2D eigenvalue weighted by Gasteiger charge is 2.12. The molecular formula is C16H18N2O3S2. The number of anilines is 1. The van der Waals surface area contributed by atoms with Crippen molar-refractivity contribution >= 4 is 39.0 Å². The van der Waals surface area contributed by atoms with Crippen LogP contribution in [0.4, 0.5) is 5.69 Å². The first kappa shape index (κ1) is 17.4. The molecule has 122 valence electrons. The van der Waals surface area contributed by atoms with Gasteiger partial charge in [-0.15, -0.1) is 11.3 Å². The van der Waals surface area contributed by atoms with E-state index in [1.807, 2.05) is 24.4 Å². The van der Waals surface area contributed by atoms with Gasteiger partial charge >= 0.3 is 0 Å². The first-order valence-corrected chi connectivity index (χ1v) is 9.50. The number of nitrogens with one attached hydrogen (secondary N) is 2. The summed E-state index contributed by atoms with van der Waals surface area (Å²) in [5.74, 6) is -0.266. The number of carbonyl (C=O) groups excluding carboxylic acids is 1. The Morgan fingerprint density at radius 1 is 1.22 bits per heavy atom. The predicted molar refractivity (Wildman–Crippen MR) is 93.9 cm³/mol. The lowest BCUT2D eigenvalue weighted by Gasteiger charge is -2.07. The SMILES string of the molecule is CCCNS(=O)(=O)c1ccc(NC(=O)C=Cc2cccs2)cc1. The Morgan fingerprint density at radius 3 is 2.57 bits per heavy atom. The van der Waals surface area contributed by atoms with Gasteiger partial charge in [0.2, 0.25) is 15.9 Å². The second-order valence-electron chi connectivity index (χ2n) is 4.76. The van der Waals surface area contributed by atoms with Crippen LogP contribution in [0.15, 0.2) is 52.7 Å². The molecule has 0 aliphatic carbocycles. The lowest BCUT2D eigenvalue weighted by Crippen LogP contribution is -2.24. The molecular weight excluding hydrogens is 332 g/mol. The highest BCUT2D eigenvalue weighted by molar-refractivity contribution is 7.89. The van der Waals surface area contributed by atoms with Crippen molar-refractivity contribution in [1.82, 2.24) is 4.72 Å². The number of benzene rings is 1. The molecule has 0 spiro atoms. The summed E-state index contributed by atoms with van der Waals surface area (Å²) in [6.45, 7) is 2.29. The van der Waals surface area contributed by atoms with E-state index in [9.17, 15) is 13.2 Å². The van der Waals surface area contributed by atoms with E-state index in [1.54, 1.807) is 29.5 Å². The fraction of sp³-hybridized carbons (Fsp3) is 0.188. The highest BCUT2D eigenvalue weighted by Crippen LogP contribution is 2.14. The maximum absolute atomic E-state index is 11.9. The van der Waals surface area contributed by atoms with Crippen molar-refractivity contribution in [2.75, 3.05) is 11.9 Å². The van der Waals surface area contributed by atoms with Crippen molar-refractivity contribution in [3.05, 3.63) is 52.7 Å². The Bertz CT molecular complexity index is 764. The molecule has 2 rings (SSSR count). The van der Waals surface area contributed by atoms with Crippen molar-refractivity contribution in [1.29, 1.82) is 0 Å². The average Bonchev–Trinajstić information content (AvgIpc) is 3.05. The van der Waals surface area contributed by atoms with Crippen molar-refractivity contribution in [3.8, 4) is 0 Å². The van der Waals surface area contributed by atoms with Crippen LogP contribution < -0.4 is 10.0 Å². The molecule has 0 fully saturated rings. The third kappa shape index (κ3) is 5.31. The van der Waals surface area contributed by atoms with Gasteiger partial charge in [0.25, 0.3) is 0 Å². The van der Waals surface area contributed by atoms with Gasteiger partial charge in [0.15, 0.2) is 0 Å². The highest BCUT2D eigenvalue weighted by atomic mass is 32.2. The summed E-state index contributed by atoms with van der Waals surface area (Å²) in [7, 11) is -3.48. The zero-order valence-corrected chi connectivity index (χ0v) is 14.3. The Balaban J connectivity index is 1.98. The fourth-order valence-corrected chi connectivity index (χ4v) is 3.52. The number of sulfonamides is 1. The topological polar surface area (TPSA) is 75.3 Å². The Hall–Kier alpha value is -1.96. The van der Waals surface area contributed by atoms with Crippen LogP contribution in [0.2, 0.25) is 0 Å². The number of rotatable bonds is 7. The van der Waals surface area contributed by atoms with Crippen LogP contribution in [0.25, 0.3) is 6.08 Å². The van der Waals surface area contributed by atoms with E-state index >= 15 is 0 Å². The van der Waals surface area contributed by atoms with Crippen molar-refractivity contribution in [2.45, 2.75) is 18.2 Å². The third-order valence-corrected chi connectivity index (χ3v) is 5.23. The molecule has 1 aromatic carbocycles. The molecule has 2 N–H and O–H groups in total. The second-order valence-corrected chi connectivity index (χ2v) is 7.51. The molecule has 2 aromatic rings. The summed E-state index contributed by atoms with van der Waals surface area (Å²) in [6, 6.07) is 9.90. The molecule has 7 heteroatoms. The molecule has 23 heavy (non-hydrogen) atoms. The van der Waals surface area contributed by atoms with Crippen molar-refractivity contribution < 1.29 is 13.2 Å². The van der Waals surface area contributed by atoms with E-state index in [2.05, 4.69) is 10.0 Å². The molecule has 0 aliphatic heterocycles. The number of carbonyl (C=O) groups is 1. The molecule has 1 heterocycles. The lowest BCUT2D eigenvalue weighted by molar-refractivity contribution is -0.111. The summed E-state index contributed by atoms with van der Waals surface area (Å²) in [5.41, 5.74) is 0.542. The molecule has 0 bridgehead atoms. The summed E-state index contributed by atoms with van der Waals surface area (Å²) >= 11 is 1.54. The smallest absolute Gasteiger partial charge is 0.248 e. The number of thiophene rings is 1. The van der Waals surface area contributed by atoms with Crippen LogP contribution in [0.3, 0.4) is 0 Å². The summed E-state index contributed by atoms with van der Waals surface area (Å²) < 4.78 is 26.4. The molecule has 0 unspecified atom stereocenters. The van der Waals surface area contributed by atoms with E-state index in [4.69, 9.17) is 0 Å². The molecule has 0 saturated heterocycles. The van der Waals surface area contributed by atoms with Gasteiger partial charge in [0.05, 0.1) is 4.90 Å². The van der Waals surface area contributed by atoms with E-state index in [0.717, 1.165) is 11.3 Å². The minimum absolute atomic E-state index is 0.179. The van der Waals surface area contributed by atoms with Gasteiger partial charge < -0.3 is 5.32 Å². The molecule has 0 aliphatic rings. The van der Waals surface area contributed by atoms with Gasteiger partial charge in [-0.3, -0.25) is 4.79 Å². The standard InChI is InChI=1S/C16H18N2O3S2/c1-2-11-17-23(20,21)15-8-5-13(6-9-15)18-16(19)10-7-14-4-3-12-22-14/h3-10,12,17H,2,11H2,1H3,(H,18,19). The largest absolute Gasteiger partial charge is 0.323 e. The van der Waals surface area contributed by atoms with Crippen LogP contribution in [-0.4, -0.2) is 20.9 Å². The summed E-state index contributed by atoms with van der Waals surface area (Å²) in [6.07, 6.45) is 3.90. The minimum atomic E-state index is -3.48. The van der Waals surface area contributed by atoms with Gasteiger partial charge in [-0.25, -0.2) is 13.1 Å². The molecule has 1 amide bonds. The van der Waals surface area contributed by atoms with Gasteiger partial charge in [-0.1, -0.05) is 13.0 Å². The quantitative estimate of drug-likeness (QED) is 0.754. The third-order valence-electron chi connectivity index (χ3n) is 2.92. The number of hydrogen-bond donors (Lipinski definition) is 2. The van der Waals surface area contributed by atoms with Gasteiger partial charge in [-0.05, 0) is 48.2 Å².